The summed E-state index contributed by atoms with van der Waals surface area (Å²) in [4.78, 5) is 34.5. The number of carbonyl (C=O) groups is 2. The molecule has 0 unspecified atom stereocenters. The van der Waals surface area contributed by atoms with Crippen molar-refractivity contribution in [3.8, 4) is 6.07 Å². The summed E-state index contributed by atoms with van der Waals surface area (Å²) in [7, 11) is 1.32. The first-order valence-electron chi connectivity index (χ1n) is 11.2. The molecule has 35 heavy (non-hydrogen) atoms. The number of carbonyl (C=O) groups excluding carboxylic acids is 2. The van der Waals surface area contributed by atoms with Crippen molar-refractivity contribution in [3.63, 3.8) is 0 Å². The van der Waals surface area contributed by atoms with Crippen LogP contribution >= 0.6 is 11.8 Å². The third-order valence-corrected chi connectivity index (χ3v) is 6.08. The number of hydrogen-bond acceptors (Lipinski definition) is 7. The smallest absolute Gasteiger partial charge is 0.328 e. The molecular weight excluding hydrogens is 462 g/mol. The molecule has 1 heterocycles. The number of benzene rings is 2. The molecule has 0 saturated heterocycles. The first-order chi connectivity index (χ1) is 17.0. The van der Waals surface area contributed by atoms with E-state index in [1.807, 2.05) is 48.7 Å². The maximum atomic E-state index is 12.9. The Balaban J connectivity index is 1.74. The fraction of sp³-hybridized carbons (Fsp3) is 0.308. The van der Waals surface area contributed by atoms with Crippen molar-refractivity contribution in [2.24, 2.45) is 0 Å². The second-order valence-corrected chi connectivity index (χ2v) is 9.05. The molecule has 3 rings (SSSR count). The average Bonchev–Trinajstić information content (AvgIpc) is 3.39. The minimum atomic E-state index is -0.683. The van der Waals surface area contributed by atoms with Gasteiger partial charge in [-0.3, -0.25) is 9.69 Å². The normalized spacial score (nSPS) is 11.6. The molecule has 1 atom stereocenters. The van der Waals surface area contributed by atoms with Crippen LogP contribution in [0.15, 0.2) is 61.1 Å². The van der Waals surface area contributed by atoms with Gasteiger partial charge in [-0.2, -0.15) is 17.0 Å². The zero-order valence-corrected chi connectivity index (χ0v) is 20.7. The Morgan fingerprint density at radius 3 is 2.60 bits per heavy atom. The van der Waals surface area contributed by atoms with Crippen LogP contribution in [0.2, 0.25) is 0 Å². The van der Waals surface area contributed by atoms with E-state index >= 15 is 0 Å². The molecule has 1 amide bonds. The van der Waals surface area contributed by atoms with Crippen molar-refractivity contribution < 1.29 is 14.3 Å². The molecule has 1 aromatic heterocycles. The van der Waals surface area contributed by atoms with Gasteiger partial charge in [0.05, 0.1) is 25.1 Å². The van der Waals surface area contributed by atoms with E-state index in [1.54, 1.807) is 30.4 Å². The quantitative estimate of drug-likeness (QED) is 0.373. The number of aromatic nitrogens is 2. The lowest BCUT2D eigenvalue weighted by Gasteiger charge is -2.22. The molecule has 0 aliphatic heterocycles. The number of rotatable bonds is 12. The third-order valence-electron chi connectivity index (χ3n) is 5.44. The van der Waals surface area contributed by atoms with Gasteiger partial charge in [-0.15, -0.1) is 0 Å². The Morgan fingerprint density at radius 2 is 1.94 bits per heavy atom. The number of nitrogens with one attached hydrogen (secondary N) is 2. The van der Waals surface area contributed by atoms with Gasteiger partial charge < -0.3 is 15.0 Å². The summed E-state index contributed by atoms with van der Waals surface area (Å²) in [6, 6.07) is 16.4. The SMILES string of the molecule is COC(=O)[C@H](CCSC)NC(=O)c1cccc(CN(Cc2ccc(C#N)cc2)Cc2cnc[nH]2)c1. The molecule has 0 saturated carbocycles. The minimum Gasteiger partial charge on any atom is -0.467 e. The lowest BCUT2D eigenvalue weighted by Crippen LogP contribution is -2.42. The van der Waals surface area contributed by atoms with E-state index in [9.17, 15) is 9.59 Å². The van der Waals surface area contributed by atoms with Gasteiger partial charge in [-0.25, -0.2) is 9.78 Å². The Morgan fingerprint density at radius 1 is 1.17 bits per heavy atom. The molecule has 9 heteroatoms. The monoisotopic (exact) mass is 491 g/mol. The van der Waals surface area contributed by atoms with E-state index in [-0.39, 0.29) is 5.91 Å². The number of thioether (sulfide) groups is 1. The van der Waals surface area contributed by atoms with Crippen molar-refractivity contribution in [3.05, 3.63) is 89.0 Å². The summed E-state index contributed by atoms with van der Waals surface area (Å²) >= 11 is 1.61. The minimum absolute atomic E-state index is 0.310. The molecule has 2 aromatic carbocycles. The van der Waals surface area contributed by atoms with Crippen LogP contribution in [0.5, 0.6) is 0 Å². The molecule has 8 nitrogen and oxygen atoms in total. The molecule has 0 spiro atoms. The van der Waals surface area contributed by atoms with Crippen molar-refractivity contribution in [2.45, 2.75) is 32.1 Å². The summed E-state index contributed by atoms with van der Waals surface area (Å²) in [6.45, 7) is 1.88. The van der Waals surface area contributed by atoms with Crippen LogP contribution in [0.3, 0.4) is 0 Å². The predicted molar refractivity (Wildman–Crippen MR) is 135 cm³/mol. The summed E-state index contributed by atoms with van der Waals surface area (Å²) in [5.74, 6) is -0.0230. The zero-order chi connectivity index (χ0) is 25.0. The second-order valence-electron chi connectivity index (χ2n) is 8.06. The molecule has 0 aliphatic carbocycles. The van der Waals surface area contributed by atoms with E-state index in [2.05, 4.69) is 26.3 Å². The number of methoxy groups -OCH3 is 1. The van der Waals surface area contributed by atoms with Crippen molar-refractivity contribution in [2.75, 3.05) is 19.1 Å². The summed E-state index contributed by atoms with van der Waals surface area (Å²) in [6.07, 6.45) is 5.89. The summed E-state index contributed by atoms with van der Waals surface area (Å²) in [5.41, 5.74) is 4.12. The topological polar surface area (TPSA) is 111 Å². The molecule has 3 aromatic rings. The molecule has 182 valence electrons. The van der Waals surface area contributed by atoms with Crippen LogP contribution in [-0.4, -0.2) is 51.9 Å². The maximum absolute atomic E-state index is 12.9. The Kier molecular flexibility index (Phi) is 9.90. The molecule has 0 aliphatic rings. The number of H-pyrrole nitrogens is 1. The lowest BCUT2D eigenvalue weighted by molar-refractivity contribution is -0.142. The number of esters is 1. The van der Waals surface area contributed by atoms with E-state index < -0.39 is 12.0 Å². The first kappa shape index (κ1) is 26.0. The first-order valence-corrected chi connectivity index (χ1v) is 12.6. The molecule has 2 N–H and O–H groups in total. The van der Waals surface area contributed by atoms with Gasteiger partial charge in [0.25, 0.3) is 5.91 Å². The van der Waals surface area contributed by atoms with Crippen LogP contribution < -0.4 is 5.32 Å². The zero-order valence-electron chi connectivity index (χ0n) is 19.9. The molecule has 0 bridgehead atoms. The van der Waals surface area contributed by atoms with Crippen LogP contribution in [0.1, 0.15) is 39.2 Å². The average molecular weight is 492 g/mol. The molecule has 0 radical (unpaired) electrons. The van der Waals surface area contributed by atoms with Gasteiger partial charge in [0.1, 0.15) is 6.04 Å². The predicted octanol–water partition coefficient (Wildman–Crippen LogP) is 3.51. The second kappa shape index (κ2) is 13.3. The highest BCUT2D eigenvalue weighted by molar-refractivity contribution is 7.98. The highest BCUT2D eigenvalue weighted by Gasteiger charge is 2.22. The maximum Gasteiger partial charge on any atom is 0.328 e. The Bertz CT molecular complexity index is 1140. The van der Waals surface area contributed by atoms with E-state index in [0.29, 0.717) is 37.2 Å². The Labute approximate surface area is 209 Å². The van der Waals surface area contributed by atoms with Gasteiger partial charge in [-0.1, -0.05) is 24.3 Å². The van der Waals surface area contributed by atoms with E-state index in [0.717, 1.165) is 22.6 Å². The van der Waals surface area contributed by atoms with Gasteiger partial charge in [-0.05, 0) is 53.8 Å². The van der Waals surface area contributed by atoms with E-state index in [4.69, 9.17) is 10.00 Å². The van der Waals surface area contributed by atoms with Crippen LogP contribution in [0, 0.1) is 11.3 Å². The number of hydrogen-bond donors (Lipinski definition) is 2. The van der Waals surface area contributed by atoms with Gasteiger partial charge in [0.2, 0.25) is 0 Å². The van der Waals surface area contributed by atoms with Gasteiger partial charge in [0.15, 0.2) is 0 Å². The number of imidazole rings is 1. The highest BCUT2D eigenvalue weighted by atomic mass is 32.2. The number of aromatic amines is 1. The van der Waals surface area contributed by atoms with Gasteiger partial charge in [0, 0.05) is 37.1 Å². The molecule has 0 fully saturated rings. The van der Waals surface area contributed by atoms with Crippen molar-refractivity contribution in [1.82, 2.24) is 20.2 Å². The van der Waals surface area contributed by atoms with Crippen LogP contribution in [-0.2, 0) is 29.2 Å². The van der Waals surface area contributed by atoms with Crippen LogP contribution in [0.4, 0.5) is 0 Å². The summed E-state index contributed by atoms with van der Waals surface area (Å²) in [5, 5.41) is 11.9. The number of nitriles is 1. The van der Waals surface area contributed by atoms with Crippen molar-refractivity contribution >= 4 is 23.6 Å². The lowest BCUT2D eigenvalue weighted by atomic mass is 10.1. The van der Waals surface area contributed by atoms with E-state index in [1.165, 1.54) is 7.11 Å². The number of nitrogens with zero attached hydrogens (tertiary/aromatic N) is 3. The standard InChI is InChI=1S/C26H29N5O3S/c1-34-26(33)24(10-11-35-2)30-25(32)22-5-3-4-21(12-22)16-31(17-23-14-28-18-29-23)15-20-8-6-19(13-27)7-9-20/h3-9,12,14,18,24H,10-11,15-17H2,1-2H3,(H,28,29)(H,30,32)/t24-/m0/s1. The fourth-order valence-corrected chi connectivity index (χ4v) is 4.13. The third kappa shape index (κ3) is 7.98. The van der Waals surface area contributed by atoms with Gasteiger partial charge >= 0.3 is 5.97 Å². The highest BCUT2D eigenvalue weighted by Crippen LogP contribution is 2.16. The van der Waals surface area contributed by atoms with Crippen molar-refractivity contribution in [1.29, 1.82) is 5.26 Å². The summed E-state index contributed by atoms with van der Waals surface area (Å²) < 4.78 is 4.85. The number of ether oxygens (including phenoxy) is 1. The fourth-order valence-electron chi connectivity index (χ4n) is 3.66. The van der Waals surface area contributed by atoms with Crippen LogP contribution in [0.25, 0.3) is 0 Å². The molecular formula is C26H29N5O3S. The Hall–Kier alpha value is -3.61. The number of amides is 1. The largest absolute Gasteiger partial charge is 0.467 e.